The van der Waals surface area contributed by atoms with Crippen LogP contribution in [0.15, 0.2) is 21.8 Å². The van der Waals surface area contributed by atoms with E-state index in [-0.39, 0.29) is 0 Å². The average molecular weight is 154 g/mol. The molecule has 0 saturated carbocycles. The van der Waals surface area contributed by atoms with Gasteiger partial charge in [-0.3, -0.25) is 0 Å². The summed E-state index contributed by atoms with van der Waals surface area (Å²) in [5, 5.41) is 4.03. The van der Waals surface area contributed by atoms with Crippen molar-refractivity contribution in [2.75, 3.05) is 14.1 Å². The largest absolute Gasteiger partial charge is 0.369 e. The van der Waals surface area contributed by atoms with Crippen LogP contribution in [0.3, 0.4) is 0 Å². The van der Waals surface area contributed by atoms with Crippen molar-refractivity contribution in [3.8, 4) is 0 Å². The van der Waals surface area contributed by atoms with Crippen LogP contribution in [-0.4, -0.2) is 25.3 Å². The summed E-state index contributed by atoms with van der Waals surface area (Å²) in [6.07, 6.45) is 1.79. The molecule has 0 spiro atoms. The van der Waals surface area contributed by atoms with E-state index in [1.807, 2.05) is 35.8 Å². The maximum atomic E-state index is 4.18. The standard InChI is InChI=1S/C7H10N2S/c1-9(2)6-8-7-3-4-10-5-7/h3-6H,1-2H3/b8-6+. The van der Waals surface area contributed by atoms with E-state index in [1.165, 1.54) is 0 Å². The number of hydrogen-bond acceptors (Lipinski definition) is 2. The van der Waals surface area contributed by atoms with Crippen molar-refractivity contribution in [1.82, 2.24) is 4.90 Å². The van der Waals surface area contributed by atoms with E-state index < -0.39 is 0 Å². The van der Waals surface area contributed by atoms with Gasteiger partial charge >= 0.3 is 0 Å². The predicted octanol–water partition coefficient (Wildman–Crippen LogP) is 1.97. The molecule has 1 aromatic rings. The van der Waals surface area contributed by atoms with Gasteiger partial charge in [-0.2, -0.15) is 11.3 Å². The Kier molecular flexibility index (Phi) is 2.45. The van der Waals surface area contributed by atoms with Crippen LogP contribution in [0.5, 0.6) is 0 Å². The van der Waals surface area contributed by atoms with Crippen LogP contribution in [0.2, 0.25) is 0 Å². The summed E-state index contributed by atoms with van der Waals surface area (Å²) in [4.78, 5) is 6.09. The van der Waals surface area contributed by atoms with Crippen LogP contribution in [0.1, 0.15) is 0 Å². The monoisotopic (exact) mass is 154 g/mol. The van der Waals surface area contributed by atoms with Crippen molar-refractivity contribution in [2.45, 2.75) is 0 Å². The molecule has 2 nitrogen and oxygen atoms in total. The minimum atomic E-state index is 1.03. The quantitative estimate of drug-likeness (QED) is 0.469. The zero-order chi connectivity index (χ0) is 7.40. The SMILES string of the molecule is CN(C)/C=N/c1ccsc1. The summed E-state index contributed by atoms with van der Waals surface area (Å²) in [5.41, 5.74) is 1.03. The Morgan fingerprint density at radius 3 is 2.90 bits per heavy atom. The van der Waals surface area contributed by atoms with Crippen molar-refractivity contribution >= 4 is 23.4 Å². The molecule has 0 saturated heterocycles. The normalized spacial score (nSPS) is 10.6. The Hall–Kier alpha value is -0.830. The van der Waals surface area contributed by atoms with Crippen LogP contribution in [-0.2, 0) is 0 Å². The third kappa shape index (κ3) is 2.19. The molecule has 0 atom stereocenters. The summed E-state index contributed by atoms with van der Waals surface area (Å²) in [7, 11) is 3.91. The molecule has 0 aliphatic carbocycles. The van der Waals surface area contributed by atoms with Gasteiger partial charge in [0.05, 0.1) is 12.0 Å². The van der Waals surface area contributed by atoms with Crippen LogP contribution < -0.4 is 0 Å². The van der Waals surface area contributed by atoms with Gasteiger partial charge in [0, 0.05) is 19.5 Å². The van der Waals surface area contributed by atoms with Gasteiger partial charge in [-0.15, -0.1) is 0 Å². The smallest absolute Gasteiger partial charge is 0.0907 e. The fourth-order valence-electron chi connectivity index (χ4n) is 0.513. The first-order chi connectivity index (χ1) is 4.79. The summed E-state index contributed by atoms with van der Waals surface area (Å²) >= 11 is 1.66. The molecule has 0 fully saturated rings. The molecule has 0 N–H and O–H groups in total. The van der Waals surface area contributed by atoms with Crippen LogP contribution in [0.25, 0.3) is 0 Å². The number of hydrogen-bond donors (Lipinski definition) is 0. The van der Waals surface area contributed by atoms with Crippen molar-refractivity contribution in [2.24, 2.45) is 4.99 Å². The van der Waals surface area contributed by atoms with Crippen LogP contribution >= 0.6 is 11.3 Å². The van der Waals surface area contributed by atoms with Gasteiger partial charge in [0.15, 0.2) is 0 Å². The lowest BCUT2D eigenvalue weighted by molar-refractivity contribution is 0.643. The number of thiophene rings is 1. The molecule has 0 aromatic carbocycles. The molecule has 54 valence electrons. The molecule has 1 rings (SSSR count). The van der Waals surface area contributed by atoms with Gasteiger partial charge in [0.25, 0.3) is 0 Å². The van der Waals surface area contributed by atoms with Gasteiger partial charge in [-0.05, 0) is 11.4 Å². The average Bonchev–Trinajstić information content (AvgIpc) is 2.34. The minimum Gasteiger partial charge on any atom is -0.369 e. The van der Waals surface area contributed by atoms with E-state index in [0.29, 0.717) is 0 Å². The second-order valence-corrected chi connectivity index (χ2v) is 2.97. The molecule has 0 unspecified atom stereocenters. The highest BCUT2D eigenvalue weighted by Gasteiger charge is 1.84. The Morgan fingerprint density at radius 1 is 1.60 bits per heavy atom. The van der Waals surface area contributed by atoms with Gasteiger partial charge in [-0.25, -0.2) is 4.99 Å². The predicted molar refractivity (Wildman–Crippen MR) is 46.2 cm³/mol. The summed E-state index contributed by atoms with van der Waals surface area (Å²) in [6, 6.07) is 1.99. The third-order valence-electron chi connectivity index (χ3n) is 0.944. The van der Waals surface area contributed by atoms with E-state index in [0.717, 1.165) is 5.69 Å². The maximum absolute atomic E-state index is 4.18. The fraction of sp³-hybridized carbons (Fsp3) is 0.286. The van der Waals surface area contributed by atoms with E-state index >= 15 is 0 Å². The fourth-order valence-corrected chi connectivity index (χ4v) is 1.09. The van der Waals surface area contributed by atoms with E-state index in [1.54, 1.807) is 17.7 Å². The number of aliphatic imine (C=N–C) groups is 1. The lowest BCUT2D eigenvalue weighted by Gasteiger charge is -2.00. The van der Waals surface area contributed by atoms with Crippen LogP contribution in [0.4, 0.5) is 5.69 Å². The van der Waals surface area contributed by atoms with Crippen molar-refractivity contribution in [3.05, 3.63) is 16.8 Å². The lowest BCUT2D eigenvalue weighted by Crippen LogP contribution is -2.06. The second-order valence-electron chi connectivity index (χ2n) is 2.19. The first-order valence-corrected chi connectivity index (χ1v) is 3.96. The molecule has 0 amide bonds. The van der Waals surface area contributed by atoms with Gasteiger partial charge < -0.3 is 4.90 Å². The molecule has 10 heavy (non-hydrogen) atoms. The minimum absolute atomic E-state index is 1.03. The molecular formula is C7H10N2S. The van der Waals surface area contributed by atoms with Gasteiger partial charge in [0.2, 0.25) is 0 Å². The molecule has 3 heteroatoms. The third-order valence-corrected chi connectivity index (χ3v) is 1.61. The highest BCUT2D eigenvalue weighted by Crippen LogP contribution is 2.14. The van der Waals surface area contributed by atoms with Crippen LogP contribution in [0, 0.1) is 0 Å². The molecule has 0 bridgehead atoms. The van der Waals surface area contributed by atoms with Crippen molar-refractivity contribution in [3.63, 3.8) is 0 Å². The second kappa shape index (κ2) is 3.37. The Balaban J connectivity index is 2.55. The van der Waals surface area contributed by atoms with E-state index in [2.05, 4.69) is 4.99 Å². The lowest BCUT2D eigenvalue weighted by atomic mass is 10.6. The Bertz CT molecular complexity index is 201. The first-order valence-electron chi connectivity index (χ1n) is 3.02. The molecule has 0 aliphatic heterocycles. The topological polar surface area (TPSA) is 15.6 Å². The maximum Gasteiger partial charge on any atom is 0.0907 e. The van der Waals surface area contributed by atoms with Gasteiger partial charge in [0.1, 0.15) is 0 Å². The highest BCUT2D eigenvalue weighted by atomic mass is 32.1. The summed E-state index contributed by atoms with van der Waals surface area (Å²) in [6.45, 7) is 0. The highest BCUT2D eigenvalue weighted by molar-refractivity contribution is 7.08. The molecule has 1 aromatic heterocycles. The summed E-state index contributed by atoms with van der Waals surface area (Å²) in [5.74, 6) is 0. The first kappa shape index (κ1) is 7.28. The zero-order valence-corrected chi connectivity index (χ0v) is 6.93. The molecule has 1 heterocycles. The van der Waals surface area contributed by atoms with E-state index in [4.69, 9.17) is 0 Å². The molecule has 0 radical (unpaired) electrons. The number of nitrogens with zero attached hydrogens (tertiary/aromatic N) is 2. The Labute approximate surface area is 64.8 Å². The Morgan fingerprint density at radius 2 is 2.40 bits per heavy atom. The summed E-state index contributed by atoms with van der Waals surface area (Å²) < 4.78 is 0. The molecular weight excluding hydrogens is 144 g/mol. The molecule has 0 aliphatic rings. The van der Waals surface area contributed by atoms with Crippen molar-refractivity contribution in [1.29, 1.82) is 0 Å². The van der Waals surface area contributed by atoms with E-state index in [9.17, 15) is 0 Å². The number of rotatable bonds is 2. The van der Waals surface area contributed by atoms with Crippen molar-refractivity contribution < 1.29 is 0 Å². The van der Waals surface area contributed by atoms with Gasteiger partial charge in [-0.1, -0.05) is 0 Å². The zero-order valence-electron chi connectivity index (χ0n) is 6.11.